The second kappa shape index (κ2) is 3.40. The topological polar surface area (TPSA) is 28.1 Å². The second-order valence-corrected chi connectivity index (χ2v) is 3.49. The molecule has 0 unspecified atom stereocenters. The smallest absolute Gasteiger partial charge is 0.0828 e. The van der Waals surface area contributed by atoms with Crippen LogP contribution in [0.4, 0.5) is 5.69 Å². The highest BCUT2D eigenvalue weighted by molar-refractivity contribution is 9.10. The van der Waals surface area contributed by atoms with Gasteiger partial charge in [0.05, 0.1) is 11.1 Å². The predicted octanol–water partition coefficient (Wildman–Crippen LogP) is 4.24. The fraction of sp³-hybridized carbons (Fsp3) is 0. The molecule has 0 aliphatic heterocycles. The maximum Gasteiger partial charge on any atom is 0.404 e. The van der Waals surface area contributed by atoms with Gasteiger partial charge in [-0.3, -0.25) is 0 Å². The summed E-state index contributed by atoms with van der Waals surface area (Å²) in [4.78, 5) is 2.93. The molecule has 1 aromatic rings. The van der Waals surface area contributed by atoms with Crippen LogP contribution >= 0.6 is 39.1 Å². The molecule has 0 N–H and O–H groups in total. The molecule has 0 fully saturated rings. The number of halogens is 3. The van der Waals surface area contributed by atoms with E-state index in [4.69, 9.17) is 28.6 Å². The van der Waals surface area contributed by atoms with Crippen molar-refractivity contribution in [2.24, 2.45) is 0 Å². The van der Waals surface area contributed by atoms with E-state index in [1.165, 1.54) is 6.07 Å². The van der Waals surface area contributed by atoms with E-state index in [2.05, 4.69) is 20.9 Å². The summed E-state index contributed by atoms with van der Waals surface area (Å²) in [6.45, 7) is 0. The zero-order valence-electron chi connectivity index (χ0n) is 5.18. The molecule has 0 saturated heterocycles. The number of diazo groups is 1. The lowest BCUT2D eigenvalue weighted by molar-refractivity contribution is 1.46. The van der Waals surface area contributed by atoms with Gasteiger partial charge in [-0.2, -0.15) is 0 Å². The van der Waals surface area contributed by atoms with Crippen molar-refractivity contribution in [1.82, 2.24) is 0 Å². The van der Waals surface area contributed by atoms with Crippen LogP contribution < -0.4 is 0 Å². The Morgan fingerprint density at radius 2 is 1.91 bits per heavy atom. The molecule has 0 bridgehead atoms. The average molecular weight is 253 g/mol. The molecule has 0 atom stereocenters. The van der Waals surface area contributed by atoms with Gasteiger partial charge in [0.1, 0.15) is 5.02 Å². The zero-order valence-corrected chi connectivity index (χ0v) is 8.28. The van der Waals surface area contributed by atoms with Crippen molar-refractivity contribution in [3.05, 3.63) is 31.6 Å². The van der Waals surface area contributed by atoms with Gasteiger partial charge in [-0.1, -0.05) is 23.2 Å². The van der Waals surface area contributed by atoms with Crippen LogP contribution in [0.3, 0.4) is 0 Å². The van der Waals surface area contributed by atoms with E-state index in [1.54, 1.807) is 6.07 Å². The van der Waals surface area contributed by atoms with E-state index in [9.17, 15) is 0 Å². The van der Waals surface area contributed by atoms with E-state index in [0.717, 1.165) is 0 Å². The van der Waals surface area contributed by atoms with Crippen molar-refractivity contribution in [3.63, 3.8) is 0 Å². The Morgan fingerprint density at radius 1 is 1.27 bits per heavy atom. The summed E-state index contributed by atoms with van der Waals surface area (Å²) in [6.07, 6.45) is 0. The minimum absolute atomic E-state index is 0.264. The van der Waals surface area contributed by atoms with Crippen molar-refractivity contribution in [3.8, 4) is 0 Å². The highest BCUT2D eigenvalue weighted by Gasteiger charge is 2.14. The van der Waals surface area contributed by atoms with Crippen molar-refractivity contribution in [2.75, 3.05) is 0 Å². The predicted molar refractivity (Wildman–Crippen MR) is 48.9 cm³/mol. The summed E-state index contributed by atoms with van der Waals surface area (Å²) in [6, 6.07) is 3.03. The van der Waals surface area contributed by atoms with E-state index in [0.29, 0.717) is 14.5 Å². The molecule has 0 aromatic heterocycles. The minimum atomic E-state index is 0.264. The molecule has 1 aromatic carbocycles. The number of hydrogen-bond donors (Lipinski definition) is 0. The third-order valence-electron chi connectivity index (χ3n) is 1.10. The molecule has 0 radical (unpaired) electrons. The van der Waals surface area contributed by atoms with Crippen molar-refractivity contribution < 1.29 is 0 Å². The fourth-order valence-corrected chi connectivity index (χ4v) is 1.42. The summed E-state index contributed by atoms with van der Waals surface area (Å²) in [5.41, 5.74) is 0.264. The molecular formula is C6H2BrCl2N2+. The van der Waals surface area contributed by atoms with E-state index in [-0.39, 0.29) is 5.69 Å². The summed E-state index contributed by atoms with van der Waals surface area (Å²) >= 11 is 14.5. The SMILES string of the molecule is N#[N+]c1cc(Cl)c(Br)cc1Cl. The molecule has 0 amide bonds. The molecule has 0 spiro atoms. The first kappa shape index (κ1) is 8.79. The number of rotatable bonds is 0. The van der Waals surface area contributed by atoms with Crippen molar-refractivity contribution in [2.45, 2.75) is 0 Å². The number of benzene rings is 1. The zero-order chi connectivity index (χ0) is 8.43. The largest absolute Gasteiger partial charge is 0.404 e. The van der Waals surface area contributed by atoms with Gasteiger partial charge in [0.15, 0.2) is 4.98 Å². The van der Waals surface area contributed by atoms with E-state index in [1.807, 2.05) is 0 Å². The molecule has 0 saturated carbocycles. The normalized spacial score (nSPS) is 9.27. The van der Waals surface area contributed by atoms with Crippen LogP contribution in [0, 0.1) is 5.39 Å². The Kier molecular flexibility index (Phi) is 2.72. The first-order chi connectivity index (χ1) is 5.15. The van der Waals surface area contributed by atoms with Crippen LogP contribution in [0.15, 0.2) is 16.6 Å². The summed E-state index contributed by atoms with van der Waals surface area (Å²) in [5.74, 6) is 0. The van der Waals surface area contributed by atoms with Gasteiger partial charge in [0.25, 0.3) is 0 Å². The van der Waals surface area contributed by atoms with Crippen LogP contribution in [0.1, 0.15) is 0 Å². The summed E-state index contributed by atoms with van der Waals surface area (Å²) in [5, 5.41) is 9.21. The second-order valence-electron chi connectivity index (χ2n) is 1.82. The standard InChI is InChI=1S/C6H2BrCl2N2/c7-3-1-5(9)6(11-10)2-4(3)8/h1-2H/q+1. The first-order valence-corrected chi connectivity index (χ1v) is 4.19. The Labute approximate surface area is 81.9 Å². The molecule has 1 rings (SSSR count). The van der Waals surface area contributed by atoms with E-state index >= 15 is 0 Å². The highest BCUT2D eigenvalue weighted by atomic mass is 79.9. The lowest BCUT2D eigenvalue weighted by atomic mass is 10.3. The molecule has 0 heterocycles. The number of hydrogen-bond acceptors (Lipinski definition) is 1. The van der Waals surface area contributed by atoms with Gasteiger partial charge in [0, 0.05) is 4.47 Å². The third kappa shape index (κ3) is 1.84. The van der Waals surface area contributed by atoms with Gasteiger partial charge in [-0.05, 0) is 22.0 Å². The number of nitrogens with zero attached hydrogens (tertiary/aromatic N) is 2. The van der Waals surface area contributed by atoms with Gasteiger partial charge in [-0.15, -0.1) is 0 Å². The van der Waals surface area contributed by atoms with Gasteiger partial charge in [0.2, 0.25) is 5.39 Å². The maximum atomic E-state index is 8.40. The highest BCUT2D eigenvalue weighted by Crippen LogP contribution is 2.33. The van der Waals surface area contributed by atoms with Crippen LogP contribution in [0.5, 0.6) is 0 Å². The molecule has 56 valence electrons. The lowest BCUT2D eigenvalue weighted by Gasteiger charge is -1.91. The monoisotopic (exact) mass is 251 g/mol. The maximum absolute atomic E-state index is 8.40. The Balaban J connectivity index is 3.35. The first-order valence-electron chi connectivity index (χ1n) is 2.65. The quantitative estimate of drug-likeness (QED) is 0.501. The van der Waals surface area contributed by atoms with Gasteiger partial charge >= 0.3 is 5.69 Å². The summed E-state index contributed by atoms with van der Waals surface area (Å²) < 4.78 is 0.677. The van der Waals surface area contributed by atoms with Crippen LogP contribution in [0.25, 0.3) is 4.98 Å². The molecule has 0 aliphatic carbocycles. The van der Waals surface area contributed by atoms with Crippen LogP contribution in [-0.4, -0.2) is 0 Å². The third-order valence-corrected chi connectivity index (χ3v) is 2.60. The Bertz CT molecular complexity index is 332. The van der Waals surface area contributed by atoms with Gasteiger partial charge in [-0.25, -0.2) is 0 Å². The van der Waals surface area contributed by atoms with Gasteiger partial charge < -0.3 is 0 Å². The van der Waals surface area contributed by atoms with Crippen LogP contribution in [0.2, 0.25) is 10.0 Å². The molecule has 0 aliphatic rings. The lowest BCUT2D eigenvalue weighted by Crippen LogP contribution is -1.70. The molecule has 5 heteroatoms. The fourth-order valence-electron chi connectivity index (χ4n) is 0.589. The Morgan fingerprint density at radius 3 is 2.45 bits per heavy atom. The van der Waals surface area contributed by atoms with Crippen molar-refractivity contribution >= 4 is 44.8 Å². The van der Waals surface area contributed by atoms with Crippen molar-refractivity contribution in [1.29, 1.82) is 5.39 Å². The molecule has 11 heavy (non-hydrogen) atoms. The minimum Gasteiger partial charge on any atom is -0.0828 e. The Hall–Kier alpha value is -0.300. The average Bonchev–Trinajstić information content (AvgIpc) is 1.97. The van der Waals surface area contributed by atoms with E-state index < -0.39 is 0 Å². The molecule has 2 nitrogen and oxygen atoms in total. The summed E-state index contributed by atoms with van der Waals surface area (Å²) in [7, 11) is 0. The van der Waals surface area contributed by atoms with Crippen LogP contribution in [-0.2, 0) is 0 Å². The molecular weight excluding hydrogens is 251 g/mol.